The van der Waals surface area contributed by atoms with Crippen LogP contribution in [0.4, 0.5) is 5.82 Å². The van der Waals surface area contributed by atoms with Crippen molar-refractivity contribution in [1.82, 2.24) is 9.88 Å². The van der Waals surface area contributed by atoms with E-state index < -0.39 is 0 Å². The summed E-state index contributed by atoms with van der Waals surface area (Å²) in [6.45, 7) is 4.61. The maximum Gasteiger partial charge on any atom is 0.128 e. The summed E-state index contributed by atoms with van der Waals surface area (Å²) < 4.78 is 5.72. The minimum atomic E-state index is 0.421. The second kappa shape index (κ2) is 5.16. The molecule has 0 saturated carbocycles. The second-order valence-corrected chi connectivity index (χ2v) is 5.42. The van der Waals surface area contributed by atoms with Crippen molar-refractivity contribution < 1.29 is 4.74 Å². The molecule has 3 rings (SSSR count). The van der Waals surface area contributed by atoms with E-state index in [1.807, 2.05) is 12.1 Å². The average molecular weight is 258 g/mol. The number of pyridine rings is 1. The molecule has 5 nitrogen and oxygen atoms in total. The molecule has 5 heteroatoms. The largest absolute Gasteiger partial charge is 0.379 e. The third-order valence-electron chi connectivity index (χ3n) is 3.94. The van der Waals surface area contributed by atoms with Crippen LogP contribution < -0.4 is 4.90 Å². The van der Waals surface area contributed by atoms with Gasteiger partial charge in [-0.1, -0.05) is 0 Å². The summed E-state index contributed by atoms with van der Waals surface area (Å²) in [6.07, 6.45) is 1.65. The van der Waals surface area contributed by atoms with Crippen molar-refractivity contribution in [1.29, 1.82) is 5.26 Å². The van der Waals surface area contributed by atoms with Gasteiger partial charge in [-0.2, -0.15) is 5.26 Å². The highest BCUT2D eigenvalue weighted by atomic mass is 16.5. The van der Waals surface area contributed by atoms with Gasteiger partial charge in [-0.25, -0.2) is 4.98 Å². The highest BCUT2D eigenvalue weighted by Gasteiger charge is 2.31. The van der Waals surface area contributed by atoms with Crippen LogP contribution in [0, 0.1) is 17.2 Å². The lowest BCUT2D eigenvalue weighted by Crippen LogP contribution is -2.42. The van der Waals surface area contributed by atoms with E-state index in [0.29, 0.717) is 17.5 Å². The highest BCUT2D eigenvalue weighted by Crippen LogP contribution is 2.22. The zero-order valence-electron chi connectivity index (χ0n) is 11.1. The summed E-state index contributed by atoms with van der Waals surface area (Å²) in [4.78, 5) is 9.12. The fourth-order valence-electron chi connectivity index (χ4n) is 2.88. The Balaban J connectivity index is 1.82. The number of nitriles is 1. The van der Waals surface area contributed by atoms with Crippen molar-refractivity contribution in [3.05, 3.63) is 23.9 Å². The van der Waals surface area contributed by atoms with Gasteiger partial charge < -0.3 is 9.64 Å². The topological polar surface area (TPSA) is 52.4 Å². The maximum atomic E-state index is 8.82. The Kier molecular flexibility index (Phi) is 3.36. The molecule has 1 aromatic heterocycles. The molecule has 0 N–H and O–H groups in total. The minimum absolute atomic E-state index is 0.421. The molecular weight excluding hydrogens is 240 g/mol. The van der Waals surface area contributed by atoms with Gasteiger partial charge in [-0.3, -0.25) is 4.90 Å². The summed E-state index contributed by atoms with van der Waals surface area (Å²) in [6, 6.07) is 6.31. The number of ether oxygens (including phenoxy) is 1. The molecule has 0 aromatic carbocycles. The van der Waals surface area contributed by atoms with E-state index in [9.17, 15) is 0 Å². The number of rotatable bonds is 1. The van der Waals surface area contributed by atoms with Crippen molar-refractivity contribution in [2.45, 2.75) is 6.04 Å². The quantitative estimate of drug-likeness (QED) is 0.743. The Morgan fingerprint density at radius 1 is 1.32 bits per heavy atom. The summed E-state index contributed by atoms with van der Waals surface area (Å²) in [5, 5.41) is 8.82. The van der Waals surface area contributed by atoms with E-state index >= 15 is 0 Å². The molecule has 0 aliphatic carbocycles. The third-order valence-corrected chi connectivity index (χ3v) is 3.94. The molecule has 0 spiro atoms. The van der Waals surface area contributed by atoms with E-state index in [4.69, 9.17) is 10.00 Å². The first-order valence-electron chi connectivity index (χ1n) is 6.65. The Bertz CT molecular complexity index is 481. The second-order valence-electron chi connectivity index (χ2n) is 5.42. The lowest BCUT2D eigenvalue weighted by molar-refractivity contribution is 0.0930. The van der Waals surface area contributed by atoms with Crippen LogP contribution in [0.5, 0.6) is 0 Å². The smallest absolute Gasteiger partial charge is 0.128 e. The lowest BCUT2D eigenvalue weighted by Gasteiger charge is -2.30. The van der Waals surface area contributed by atoms with Gasteiger partial charge in [0, 0.05) is 31.7 Å². The molecular formula is C14H18N4O. The van der Waals surface area contributed by atoms with Crippen LogP contribution in [-0.4, -0.2) is 55.8 Å². The number of hydrogen-bond donors (Lipinski definition) is 0. The summed E-state index contributed by atoms with van der Waals surface area (Å²) in [7, 11) is 2.17. The normalized spacial score (nSPS) is 27.7. The third kappa shape index (κ3) is 2.55. The number of hydrogen-bond acceptors (Lipinski definition) is 5. The first kappa shape index (κ1) is 12.4. The SMILES string of the molecule is CN1C[C@H]2COC[C@@H]1CN(c1ccc(C#N)cn1)C2. The lowest BCUT2D eigenvalue weighted by atomic mass is 10.1. The van der Waals surface area contributed by atoms with E-state index in [1.54, 1.807) is 6.20 Å². The van der Waals surface area contributed by atoms with Crippen LogP contribution >= 0.6 is 0 Å². The maximum absolute atomic E-state index is 8.82. The molecule has 2 aliphatic rings. The van der Waals surface area contributed by atoms with Crippen LogP contribution in [0.3, 0.4) is 0 Å². The van der Waals surface area contributed by atoms with Crippen molar-refractivity contribution in [2.75, 3.05) is 44.8 Å². The standard InChI is InChI=1S/C14H18N4O/c1-17-6-12-7-18(8-13(17)10-19-9-12)14-3-2-11(4-15)5-16-14/h2-3,5,12-13H,6-10H2,1H3/t12-,13+/m1/s1. The van der Waals surface area contributed by atoms with Crippen molar-refractivity contribution in [3.63, 3.8) is 0 Å². The first-order valence-corrected chi connectivity index (χ1v) is 6.65. The minimum Gasteiger partial charge on any atom is -0.379 e. The number of aromatic nitrogens is 1. The summed E-state index contributed by atoms with van der Waals surface area (Å²) >= 11 is 0. The van der Waals surface area contributed by atoms with Gasteiger partial charge in [-0.15, -0.1) is 0 Å². The van der Waals surface area contributed by atoms with Crippen molar-refractivity contribution >= 4 is 5.82 Å². The van der Waals surface area contributed by atoms with Crippen LogP contribution in [0.15, 0.2) is 18.3 Å². The van der Waals surface area contributed by atoms with E-state index in [2.05, 4.69) is 27.9 Å². The molecule has 3 heterocycles. The van der Waals surface area contributed by atoms with Gasteiger partial charge in [0.05, 0.1) is 24.8 Å². The molecule has 1 aromatic rings. The Hall–Kier alpha value is -1.64. The predicted octanol–water partition coefficient (Wildman–Crippen LogP) is 0.720. The molecule has 2 atom stereocenters. The Labute approximate surface area is 113 Å². The van der Waals surface area contributed by atoms with Crippen LogP contribution in [0.2, 0.25) is 0 Å². The van der Waals surface area contributed by atoms with Crippen LogP contribution in [-0.2, 0) is 4.74 Å². The number of nitrogens with zero attached hydrogens (tertiary/aromatic N) is 4. The van der Waals surface area contributed by atoms with Gasteiger partial charge in [0.15, 0.2) is 0 Å². The zero-order valence-corrected chi connectivity index (χ0v) is 11.1. The molecule has 0 unspecified atom stereocenters. The molecule has 2 bridgehead atoms. The Morgan fingerprint density at radius 2 is 2.21 bits per heavy atom. The van der Waals surface area contributed by atoms with Gasteiger partial charge in [0.2, 0.25) is 0 Å². The monoisotopic (exact) mass is 258 g/mol. The van der Waals surface area contributed by atoms with E-state index in [-0.39, 0.29) is 0 Å². The number of anilines is 1. The summed E-state index contributed by atoms with van der Waals surface area (Å²) in [5.41, 5.74) is 0.610. The highest BCUT2D eigenvalue weighted by molar-refractivity contribution is 5.42. The van der Waals surface area contributed by atoms with Gasteiger partial charge in [-0.05, 0) is 19.2 Å². The first-order chi connectivity index (χ1) is 9.26. The molecule has 19 heavy (non-hydrogen) atoms. The van der Waals surface area contributed by atoms with E-state index in [1.165, 1.54) is 0 Å². The van der Waals surface area contributed by atoms with Crippen molar-refractivity contribution in [3.8, 4) is 6.07 Å². The fraction of sp³-hybridized carbons (Fsp3) is 0.571. The van der Waals surface area contributed by atoms with Gasteiger partial charge in [0.25, 0.3) is 0 Å². The molecule has 2 aliphatic heterocycles. The Morgan fingerprint density at radius 3 is 2.95 bits per heavy atom. The predicted molar refractivity (Wildman–Crippen MR) is 71.9 cm³/mol. The summed E-state index contributed by atoms with van der Waals surface area (Å²) in [5.74, 6) is 1.49. The van der Waals surface area contributed by atoms with Crippen molar-refractivity contribution in [2.24, 2.45) is 5.92 Å². The van der Waals surface area contributed by atoms with Crippen LogP contribution in [0.1, 0.15) is 5.56 Å². The molecule has 2 fully saturated rings. The van der Waals surface area contributed by atoms with Crippen LogP contribution in [0.25, 0.3) is 0 Å². The molecule has 0 radical (unpaired) electrons. The molecule has 2 saturated heterocycles. The fourth-order valence-corrected chi connectivity index (χ4v) is 2.88. The number of likely N-dealkylation sites (N-methyl/N-ethyl adjacent to an activating group) is 1. The molecule has 100 valence electrons. The van der Waals surface area contributed by atoms with E-state index in [0.717, 1.165) is 38.7 Å². The molecule has 0 amide bonds. The van der Waals surface area contributed by atoms with Gasteiger partial charge >= 0.3 is 0 Å². The van der Waals surface area contributed by atoms with Gasteiger partial charge in [0.1, 0.15) is 11.9 Å². The number of fused-ring (bicyclic) bond motifs is 3. The average Bonchev–Trinajstić information content (AvgIpc) is 2.67. The zero-order chi connectivity index (χ0) is 13.2.